The van der Waals surface area contributed by atoms with Gasteiger partial charge in [-0.2, -0.15) is 0 Å². The summed E-state index contributed by atoms with van der Waals surface area (Å²) in [6.07, 6.45) is 2.45. The Hall–Kier alpha value is -2.60. The first-order valence-electron chi connectivity index (χ1n) is 8.37. The summed E-state index contributed by atoms with van der Waals surface area (Å²) in [5.74, 6) is 0.520. The van der Waals surface area contributed by atoms with Crippen LogP contribution in [0.5, 0.6) is 0 Å². The Kier molecular flexibility index (Phi) is 5.73. The number of nitrogens with one attached hydrogen (secondary N) is 1. The second kappa shape index (κ2) is 8.19. The zero-order valence-corrected chi connectivity index (χ0v) is 15.9. The van der Waals surface area contributed by atoms with Gasteiger partial charge in [0, 0.05) is 16.7 Å². The minimum Gasteiger partial charge on any atom is -0.454 e. The third-order valence-corrected chi connectivity index (χ3v) is 4.63. The van der Waals surface area contributed by atoms with Crippen LogP contribution in [0.1, 0.15) is 41.3 Å². The van der Waals surface area contributed by atoms with Gasteiger partial charge in [-0.25, -0.2) is 0 Å². The van der Waals surface area contributed by atoms with Crippen LogP contribution in [-0.4, -0.2) is 10.5 Å². The van der Waals surface area contributed by atoms with Crippen LogP contribution in [0.3, 0.4) is 0 Å². The van der Waals surface area contributed by atoms with Gasteiger partial charge in [-0.1, -0.05) is 41.1 Å². The minimum atomic E-state index is -0.272. The van der Waals surface area contributed by atoms with Gasteiger partial charge < -0.3 is 14.3 Å². The van der Waals surface area contributed by atoms with E-state index in [1.54, 1.807) is 30.5 Å². The Morgan fingerprint density at radius 1 is 1.15 bits per heavy atom. The highest BCUT2D eigenvalue weighted by Gasteiger charge is 2.17. The fraction of sp³-hybridized carbons (Fsp3) is 0.200. The van der Waals surface area contributed by atoms with E-state index in [0.29, 0.717) is 5.76 Å². The van der Waals surface area contributed by atoms with E-state index in [9.17, 15) is 9.59 Å². The van der Waals surface area contributed by atoms with Gasteiger partial charge in [-0.3, -0.25) is 9.59 Å². The fourth-order valence-electron chi connectivity index (χ4n) is 2.69. The molecule has 3 aromatic rings. The number of amides is 1. The molecule has 0 fully saturated rings. The molecule has 3 rings (SSSR count). The number of carbonyl (C=O) groups excluding carboxylic acids is 1. The first-order valence-corrected chi connectivity index (χ1v) is 9.16. The molecule has 1 amide bonds. The lowest BCUT2D eigenvalue weighted by molar-refractivity contribution is 0.0905. The van der Waals surface area contributed by atoms with Crippen LogP contribution in [0.25, 0.3) is 0 Å². The Balaban J connectivity index is 1.70. The minimum absolute atomic E-state index is 0.0964. The molecule has 0 spiro atoms. The Morgan fingerprint density at radius 2 is 1.92 bits per heavy atom. The van der Waals surface area contributed by atoms with Gasteiger partial charge in [0.15, 0.2) is 5.76 Å². The first-order chi connectivity index (χ1) is 12.6. The van der Waals surface area contributed by atoms with Crippen molar-refractivity contribution in [2.24, 2.45) is 0 Å². The predicted molar refractivity (Wildman–Crippen MR) is 103 cm³/mol. The lowest BCUT2D eigenvalue weighted by Crippen LogP contribution is -2.27. The monoisotopic (exact) mass is 414 g/mol. The lowest BCUT2D eigenvalue weighted by atomic mass is 10.0. The molecule has 0 radical (unpaired) electrons. The van der Waals surface area contributed by atoms with Crippen molar-refractivity contribution in [2.75, 3.05) is 0 Å². The molecule has 0 aliphatic carbocycles. The summed E-state index contributed by atoms with van der Waals surface area (Å²) in [6, 6.07) is 16.1. The number of pyridine rings is 1. The van der Waals surface area contributed by atoms with Crippen LogP contribution in [0, 0.1) is 0 Å². The predicted octanol–water partition coefficient (Wildman–Crippen LogP) is 4.13. The number of nitrogens with zero attached hydrogens (tertiary/aromatic N) is 1. The number of carbonyl (C=O) groups is 1. The van der Waals surface area contributed by atoms with Crippen LogP contribution < -0.4 is 10.9 Å². The van der Waals surface area contributed by atoms with Gasteiger partial charge in [0.2, 0.25) is 0 Å². The summed E-state index contributed by atoms with van der Waals surface area (Å²) >= 11 is 3.41. The van der Waals surface area contributed by atoms with E-state index in [4.69, 9.17) is 4.42 Å². The summed E-state index contributed by atoms with van der Waals surface area (Å²) < 4.78 is 8.15. The van der Waals surface area contributed by atoms with Crippen molar-refractivity contribution >= 4 is 21.8 Å². The van der Waals surface area contributed by atoms with E-state index in [1.165, 1.54) is 10.6 Å². The largest absolute Gasteiger partial charge is 0.454 e. The van der Waals surface area contributed by atoms with Crippen molar-refractivity contribution in [3.05, 3.63) is 92.7 Å². The van der Waals surface area contributed by atoms with Gasteiger partial charge in [0.1, 0.15) is 5.76 Å². The molecular weight excluding hydrogens is 396 g/mol. The van der Waals surface area contributed by atoms with Gasteiger partial charge in [0.25, 0.3) is 11.5 Å². The van der Waals surface area contributed by atoms with Gasteiger partial charge in [-0.15, -0.1) is 0 Å². The second-order valence-corrected chi connectivity index (χ2v) is 6.83. The van der Waals surface area contributed by atoms with E-state index in [-0.39, 0.29) is 29.8 Å². The van der Waals surface area contributed by atoms with E-state index >= 15 is 0 Å². The topological polar surface area (TPSA) is 64.2 Å². The Labute approximate surface area is 159 Å². The van der Waals surface area contributed by atoms with Crippen LogP contribution >= 0.6 is 15.9 Å². The molecule has 1 atom stereocenters. The average Bonchev–Trinajstić information content (AvgIpc) is 3.11. The van der Waals surface area contributed by atoms with E-state index < -0.39 is 0 Å². The molecule has 26 heavy (non-hydrogen) atoms. The maximum Gasteiger partial charge on any atom is 0.287 e. The highest BCUT2D eigenvalue weighted by molar-refractivity contribution is 9.10. The number of halogens is 1. The van der Waals surface area contributed by atoms with E-state index in [0.717, 1.165) is 16.5 Å². The zero-order valence-electron chi connectivity index (χ0n) is 14.3. The van der Waals surface area contributed by atoms with Crippen LogP contribution in [0.15, 0.2) is 74.5 Å². The molecule has 6 heteroatoms. The Morgan fingerprint density at radius 3 is 2.62 bits per heavy atom. The number of hydrogen-bond acceptors (Lipinski definition) is 3. The summed E-state index contributed by atoms with van der Waals surface area (Å²) in [4.78, 5) is 24.3. The van der Waals surface area contributed by atoms with Crippen molar-refractivity contribution < 1.29 is 9.21 Å². The normalized spacial score (nSPS) is 11.9. The summed E-state index contributed by atoms with van der Waals surface area (Å²) in [7, 11) is 0. The standard InChI is InChI=1S/C20H19BrN2O3/c1-2-17(14-6-8-15(21)9-7-14)22-20(25)18-11-10-16(26-18)13-23-12-4-3-5-19(23)24/h3-12,17H,2,13H2,1H3,(H,22,25). The van der Waals surface area contributed by atoms with E-state index in [2.05, 4.69) is 21.2 Å². The van der Waals surface area contributed by atoms with Crippen molar-refractivity contribution in [1.29, 1.82) is 0 Å². The van der Waals surface area contributed by atoms with Crippen LogP contribution in [-0.2, 0) is 6.54 Å². The maximum atomic E-state index is 12.5. The van der Waals surface area contributed by atoms with Gasteiger partial charge in [0.05, 0.1) is 12.6 Å². The molecule has 0 saturated carbocycles. The van der Waals surface area contributed by atoms with Gasteiger partial charge >= 0.3 is 0 Å². The smallest absolute Gasteiger partial charge is 0.287 e. The molecule has 0 aliphatic rings. The number of benzene rings is 1. The van der Waals surface area contributed by atoms with Crippen molar-refractivity contribution in [1.82, 2.24) is 9.88 Å². The average molecular weight is 415 g/mol. The highest BCUT2D eigenvalue weighted by atomic mass is 79.9. The molecule has 0 saturated heterocycles. The van der Waals surface area contributed by atoms with Crippen LogP contribution in [0.4, 0.5) is 0 Å². The van der Waals surface area contributed by atoms with Gasteiger partial charge in [-0.05, 0) is 42.3 Å². The zero-order chi connectivity index (χ0) is 18.5. The third-order valence-electron chi connectivity index (χ3n) is 4.10. The number of rotatable bonds is 6. The third kappa shape index (κ3) is 4.32. The fourth-order valence-corrected chi connectivity index (χ4v) is 2.95. The molecule has 5 nitrogen and oxygen atoms in total. The van der Waals surface area contributed by atoms with Crippen molar-refractivity contribution in [2.45, 2.75) is 25.9 Å². The molecule has 0 aliphatic heterocycles. The molecule has 134 valence electrons. The SMILES string of the molecule is CCC(NC(=O)c1ccc(Cn2ccccc2=O)o1)c1ccc(Br)cc1. The number of furan rings is 1. The number of aromatic nitrogens is 1. The molecular formula is C20H19BrN2O3. The Bertz CT molecular complexity index is 944. The lowest BCUT2D eigenvalue weighted by Gasteiger charge is -2.16. The summed E-state index contributed by atoms with van der Waals surface area (Å²) in [6.45, 7) is 2.30. The molecule has 0 bridgehead atoms. The first kappa shape index (κ1) is 18.2. The summed E-state index contributed by atoms with van der Waals surface area (Å²) in [5, 5.41) is 2.99. The molecule has 2 aromatic heterocycles. The van der Waals surface area contributed by atoms with Crippen molar-refractivity contribution in [3.8, 4) is 0 Å². The summed E-state index contributed by atoms with van der Waals surface area (Å²) in [5.41, 5.74) is 0.919. The highest BCUT2D eigenvalue weighted by Crippen LogP contribution is 2.20. The number of hydrogen-bond donors (Lipinski definition) is 1. The van der Waals surface area contributed by atoms with Crippen LogP contribution in [0.2, 0.25) is 0 Å². The molecule has 1 N–H and O–H groups in total. The molecule has 1 aromatic carbocycles. The maximum absolute atomic E-state index is 12.5. The molecule has 1 unspecified atom stereocenters. The second-order valence-electron chi connectivity index (χ2n) is 5.92. The molecule has 2 heterocycles. The quantitative estimate of drug-likeness (QED) is 0.659. The van der Waals surface area contributed by atoms with Crippen molar-refractivity contribution in [3.63, 3.8) is 0 Å². The van der Waals surface area contributed by atoms with E-state index in [1.807, 2.05) is 31.2 Å².